The van der Waals surface area contributed by atoms with Crippen LogP contribution in [0.5, 0.6) is 0 Å². The van der Waals surface area contributed by atoms with E-state index in [9.17, 15) is 9.59 Å². The first kappa shape index (κ1) is 15.5. The molecule has 0 spiro atoms. The molecule has 0 heterocycles. The van der Waals surface area contributed by atoms with Gasteiger partial charge in [0.05, 0.1) is 24.9 Å². The predicted octanol–water partition coefficient (Wildman–Crippen LogP) is -0.967. The largest absolute Gasteiger partial charge is 0.294 e. The Hall–Kier alpha value is -1.54. The molecular formula is C9H20N6O2. The molecule has 0 aliphatic carbocycles. The molecule has 8 nitrogen and oxygen atoms in total. The van der Waals surface area contributed by atoms with Gasteiger partial charge in [-0.1, -0.05) is 13.8 Å². The fourth-order valence-electron chi connectivity index (χ4n) is 1.01. The summed E-state index contributed by atoms with van der Waals surface area (Å²) >= 11 is 0. The minimum Gasteiger partial charge on any atom is -0.294 e. The molecule has 5 N–H and O–H groups in total. The van der Waals surface area contributed by atoms with Crippen molar-refractivity contribution in [2.45, 2.75) is 13.8 Å². The van der Waals surface area contributed by atoms with E-state index in [1.165, 1.54) is 7.05 Å². The van der Waals surface area contributed by atoms with Crippen LogP contribution in [0, 0.1) is 11.8 Å². The molecule has 0 aromatic heterocycles. The van der Waals surface area contributed by atoms with Gasteiger partial charge in [0.15, 0.2) is 0 Å². The van der Waals surface area contributed by atoms with Crippen LogP contribution in [0.2, 0.25) is 0 Å². The summed E-state index contributed by atoms with van der Waals surface area (Å²) in [5, 5.41) is 8.67. The third-order valence-electron chi connectivity index (χ3n) is 2.17. The quantitative estimate of drug-likeness (QED) is 0.240. The van der Waals surface area contributed by atoms with E-state index in [1.807, 2.05) is 5.43 Å². The van der Waals surface area contributed by atoms with Crippen molar-refractivity contribution >= 4 is 11.8 Å². The van der Waals surface area contributed by atoms with Crippen molar-refractivity contribution in [2.75, 3.05) is 20.1 Å². The maximum absolute atomic E-state index is 11.3. The van der Waals surface area contributed by atoms with E-state index in [0.717, 1.165) is 5.01 Å². The lowest BCUT2D eigenvalue weighted by molar-refractivity contribution is -0.133. The van der Waals surface area contributed by atoms with E-state index < -0.39 is 0 Å². The smallest absolute Gasteiger partial charge is 0.240 e. The van der Waals surface area contributed by atoms with Crippen LogP contribution in [0.4, 0.5) is 0 Å². The zero-order valence-corrected chi connectivity index (χ0v) is 10.4. The van der Waals surface area contributed by atoms with Crippen molar-refractivity contribution in [3.8, 4) is 0 Å². The molecule has 0 aliphatic rings. The van der Waals surface area contributed by atoms with E-state index in [4.69, 9.17) is 11.7 Å². The number of azo groups is 1. The molecule has 0 aromatic rings. The monoisotopic (exact) mass is 244 g/mol. The van der Waals surface area contributed by atoms with Crippen LogP contribution >= 0.6 is 0 Å². The number of nitrogens with two attached hydrogens (primary N) is 2. The van der Waals surface area contributed by atoms with Gasteiger partial charge < -0.3 is 0 Å². The molecule has 0 saturated carbocycles. The lowest BCUT2D eigenvalue weighted by atomic mass is 10.1. The van der Waals surface area contributed by atoms with Gasteiger partial charge in [-0.05, 0) is 0 Å². The summed E-state index contributed by atoms with van der Waals surface area (Å²) in [5.41, 5.74) is 2.03. The summed E-state index contributed by atoms with van der Waals surface area (Å²) in [6.45, 7) is 3.88. The fourth-order valence-corrected chi connectivity index (χ4v) is 1.01. The minimum absolute atomic E-state index is 0.211. The van der Waals surface area contributed by atoms with Crippen molar-refractivity contribution in [1.82, 2.24) is 10.4 Å². The maximum atomic E-state index is 11.3. The number of nitrogens with one attached hydrogen (secondary N) is 1. The zero-order chi connectivity index (χ0) is 13.4. The second-order valence-electron chi connectivity index (χ2n) is 3.91. The Bertz CT molecular complexity index is 291. The molecule has 0 fully saturated rings. The van der Waals surface area contributed by atoms with Gasteiger partial charge >= 0.3 is 0 Å². The van der Waals surface area contributed by atoms with Crippen LogP contribution < -0.4 is 17.1 Å². The summed E-state index contributed by atoms with van der Waals surface area (Å²) in [6, 6.07) is 0. The number of hydrazine groups is 2. The Kier molecular flexibility index (Phi) is 6.99. The number of amides is 2. The van der Waals surface area contributed by atoms with Gasteiger partial charge in [0.1, 0.15) is 0 Å². The summed E-state index contributed by atoms with van der Waals surface area (Å²) in [4.78, 5) is 22.4. The third kappa shape index (κ3) is 5.93. The first-order valence-corrected chi connectivity index (χ1v) is 5.26. The zero-order valence-electron chi connectivity index (χ0n) is 10.4. The van der Waals surface area contributed by atoms with Gasteiger partial charge in [0.2, 0.25) is 11.8 Å². The van der Waals surface area contributed by atoms with E-state index >= 15 is 0 Å². The number of carbonyl (C=O) groups is 2. The number of nitrogens with zero attached hydrogens (tertiary/aromatic N) is 3. The van der Waals surface area contributed by atoms with E-state index in [1.54, 1.807) is 13.8 Å². The van der Waals surface area contributed by atoms with E-state index in [0.29, 0.717) is 0 Å². The van der Waals surface area contributed by atoms with Crippen LogP contribution in [0.3, 0.4) is 0 Å². The molecule has 0 aromatic carbocycles. The molecule has 8 heteroatoms. The highest BCUT2D eigenvalue weighted by molar-refractivity contribution is 5.78. The van der Waals surface area contributed by atoms with Crippen LogP contribution in [0.25, 0.3) is 0 Å². The molecule has 17 heavy (non-hydrogen) atoms. The average Bonchev–Trinajstić information content (AvgIpc) is 2.31. The molecule has 0 saturated heterocycles. The standard InChI is InChI=1S/C9H20N6O2/c1-6(8(16)14-10)4-12-13-5-7(2)9(17)15(3)11/h6-7H,4-5,10-11H2,1-3H3,(H,14,16). The average molecular weight is 244 g/mol. The number of hydrogen-bond acceptors (Lipinski definition) is 6. The van der Waals surface area contributed by atoms with Crippen molar-refractivity contribution < 1.29 is 9.59 Å². The summed E-state index contributed by atoms with van der Waals surface area (Å²) in [6.07, 6.45) is 0. The second kappa shape index (κ2) is 7.69. The lowest BCUT2D eigenvalue weighted by Crippen LogP contribution is -2.38. The van der Waals surface area contributed by atoms with Gasteiger partial charge in [-0.2, -0.15) is 10.2 Å². The van der Waals surface area contributed by atoms with E-state index in [2.05, 4.69) is 10.2 Å². The molecule has 2 amide bonds. The molecule has 0 rings (SSSR count). The van der Waals surface area contributed by atoms with Crippen LogP contribution in [0.1, 0.15) is 13.8 Å². The van der Waals surface area contributed by atoms with Gasteiger partial charge in [0.25, 0.3) is 0 Å². The Morgan fingerprint density at radius 2 is 1.71 bits per heavy atom. The second-order valence-corrected chi connectivity index (χ2v) is 3.91. The van der Waals surface area contributed by atoms with Crippen LogP contribution in [-0.4, -0.2) is 37.0 Å². The number of carbonyl (C=O) groups excluding carboxylic acids is 2. The molecular weight excluding hydrogens is 224 g/mol. The SMILES string of the molecule is CC(CN=NCC(C)C(=O)N(C)N)C(=O)NN. The Morgan fingerprint density at radius 1 is 1.24 bits per heavy atom. The molecule has 98 valence electrons. The molecule has 0 aliphatic heterocycles. The minimum atomic E-state index is -0.341. The number of rotatable bonds is 6. The highest BCUT2D eigenvalue weighted by atomic mass is 16.2. The predicted molar refractivity (Wildman–Crippen MR) is 62.2 cm³/mol. The third-order valence-corrected chi connectivity index (χ3v) is 2.17. The lowest BCUT2D eigenvalue weighted by Gasteiger charge is -2.13. The first-order chi connectivity index (χ1) is 7.90. The molecule has 2 unspecified atom stereocenters. The van der Waals surface area contributed by atoms with E-state index in [-0.39, 0.29) is 36.7 Å². The Balaban J connectivity index is 3.96. The van der Waals surface area contributed by atoms with Gasteiger partial charge in [-0.3, -0.25) is 20.0 Å². The summed E-state index contributed by atoms with van der Waals surface area (Å²) in [7, 11) is 1.48. The van der Waals surface area contributed by atoms with Crippen LogP contribution in [-0.2, 0) is 9.59 Å². The Labute approximate surface area is 100 Å². The Morgan fingerprint density at radius 3 is 2.12 bits per heavy atom. The van der Waals surface area contributed by atoms with Gasteiger partial charge in [-0.25, -0.2) is 11.7 Å². The maximum Gasteiger partial charge on any atom is 0.240 e. The van der Waals surface area contributed by atoms with Crippen molar-refractivity contribution in [3.63, 3.8) is 0 Å². The normalized spacial score (nSPS) is 14.4. The fraction of sp³-hybridized carbons (Fsp3) is 0.778. The summed E-state index contributed by atoms with van der Waals surface area (Å²) < 4.78 is 0. The summed E-state index contributed by atoms with van der Waals surface area (Å²) in [5.74, 6) is 9.08. The molecule has 2 atom stereocenters. The van der Waals surface area contributed by atoms with Crippen molar-refractivity contribution in [1.29, 1.82) is 0 Å². The highest BCUT2D eigenvalue weighted by Crippen LogP contribution is 2.00. The van der Waals surface area contributed by atoms with Crippen molar-refractivity contribution in [2.24, 2.45) is 33.7 Å². The molecule has 0 radical (unpaired) electrons. The van der Waals surface area contributed by atoms with Gasteiger partial charge in [0, 0.05) is 7.05 Å². The highest BCUT2D eigenvalue weighted by Gasteiger charge is 2.15. The van der Waals surface area contributed by atoms with Gasteiger partial charge in [-0.15, -0.1) is 0 Å². The number of hydrogen-bond donors (Lipinski definition) is 3. The van der Waals surface area contributed by atoms with Crippen LogP contribution in [0.15, 0.2) is 10.2 Å². The first-order valence-electron chi connectivity index (χ1n) is 5.26. The van der Waals surface area contributed by atoms with Crippen molar-refractivity contribution in [3.05, 3.63) is 0 Å². The molecule has 0 bridgehead atoms. The topological polar surface area (TPSA) is 126 Å².